The standard InChI is InChI=1S/C19H20N4O2/c1-25-19-14(8-15(10-21-19)16-11-22-23-12-16)9-18(24)17(20)7-13-5-3-2-4-6-13/h2-6,8,10-12,17H,7,9,20H2,1H3,(H,22,23)/t17-/m0/s1. The maximum atomic E-state index is 12.6. The Kier molecular flexibility index (Phi) is 5.20. The van der Waals surface area contributed by atoms with E-state index in [0.29, 0.717) is 12.3 Å². The predicted octanol–water partition coefficient (Wildman–Crippen LogP) is 2.16. The molecule has 0 aliphatic carbocycles. The molecule has 0 spiro atoms. The Morgan fingerprint density at radius 3 is 2.72 bits per heavy atom. The summed E-state index contributed by atoms with van der Waals surface area (Å²) in [4.78, 5) is 16.8. The zero-order valence-corrected chi connectivity index (χ0v) is 14.0. The molecule has 0 amide bonds. The van der Waals surface area contributed by atoms with Crippen molar-refractivity contribution in [2.45, 2.75) is 18.9 Å². The number of ether oxygens (including phenoxy) is 1. The van der Waals surface area contributed by atoms with Crippen molar-refractivity contribution in [3.8, 4) is 17.0 Å². The quantitative estimate of drug-likeness (QED) is 0.689. The van der Waals surface area contributed by atoms with Gasteiger partial charge in [0.2, 0.25) is 5.88 Å². The molecule has 2 aromatic heterocycles. The van der Waals surface area contributed by atoms with Crippen LogP contribution in [0.25, 0.3) is 11.1 Å². The highest BCUT2D eigenvalue weighted by molar-refractivity contribution is 5.87. The van der Waals surface area contributed by atoms with Gasteiger partial charge in [0.1, 0.15) is 0 Å². The minimum absolute atomic E-state index is 0.0479. The van der Waals surface area contributed by atoms with E-state index in [-0.39, 0.29) is 12.2 Å². The molecule has 6 nitrogen and oxygen atoms in total. The van der Waals surface area contributed by atoms with E-state index in [1.807, 2.05) is 36.4 Å². The van der Waals surface area contributed by atoms with Crippen molar-refractivity contribution >= 4 is 5.78 Å². The molecule has 128 valence electrons. The Balaban J connectivity index is 1.76. The van der Waals surface area contributed by atoms with Crippen LogP contribution < -0.4 is 10.5 Å². The van der Waals surface area contributed by atoms with Gasteiger partial charge in [0, 0.05) is 35.5 Å². The number of carbonyl (C=O) groups excluding carboxylic acids is 1. The number of carbonyl (C=O) groups is 1. The van der Waals surface area contributed by atoms with Crippen molar-refractivity contribution in [3.05, 3.63) is 66.1 Å². The molecule has 0 unspecified atom stereocenters. The maximum absolute atomic E-state index is 12.6. The number of nitrogens with one attached hydrogen (secondary N) is 1. The first-order valence-electron chi connectivity index (χ1n) is 8.01. The Morgan fingerprint density at radius 1 is 1.24 bits per heavy atom. The molecule has 0 bridgehead atoms. The topological polar surface area (TPSA) is 93.9 Å². The molecule has 3 aromatic rings. The zero-order chi connectivity index (χ0) is 17.6. The summed E-state index contributed by atoms with van der Waals surface area (Å²) < 4.78 is 5.29. The lowest BCUT2D eigenvalue weighted by Gasteiger charge is -2.13. The van der Waals surface area contributed by atoms with Gasteiger partial charge >= 0.3 is 0 Å². The van der Waals surface area contributed by atoms with E-state index in [0.717, 1.165) is 22.3 Å². The lowest BCUT2D eigenvalue weighted by atomic mass is 9.98. The number of aromatic amines is 1. The summed E-state index contributed by atoms with van der Waals surface area (Å²) in [6, 6.07) is 11.1. The van der Waals surface area contributed by atoms with Crippen LogP contribution in [0.5, 0.6) is 5.88 Å². The van der Waals surface area contributed by atoms with Crippen molar-refractivity contribution in [2.75, 3.05) is 7.11 Å². The predicted molar refractivity (Wildman–Crippen MR) is 95.2 cm³/mol. The summed E-state index contributed by atoms with van der Waals surface area (Å²) in [6.07, 6.45) is 5.86. The van der Waals surface area contributed by atoms with Crippen molar-refractivity contribution in [1.29, 1.82) is 0 Å². The third-order valence-corrected chi connectivity index (χ3v) is 4.03. The highest BCUT2D eigenvalue weighted by Crippen LogP contribution is 2.24. The van der Waals surface area contributed by atoms with E-state index in [9.17, 15) is 4.79 Å². The van der Waals surface area contributed by atoms with E-state index >= 15 is 0 Å². The molecule has 6 heteroatoms. The van der Waals surface area contributed by atoms with Gasteiger partial charge in [-0.05, 0) is 18.1 Å². The molecular formula is C19H20N4O2. The largest absolute Gasteiger partial charge is 0.481 e. The van der Waals surface area contributed by atoms with Crippen LogP contribution in [-0.4, -0.2) is 34.1 Å². The normalized spacial score (nSPS) is 11.9. The highest BCUT2D eigenvalue weighted by Gasteiger charge is 2.18. The molecule has 3 rings (SSSR count). The lowest BCUT2D eigenvalue weighted by Crippen LogP contribution is -2.34. The van der Waals surface area contributed by atoms with Crippen LogP contribution in [0.1, 0.15) is 11.1 Å². The van der Waals surface area contributed by atoms with E-state index in [1.54, 1.807) is 18.6 Å². The zero-order valence-electron chi connectivity index (χ0n) is 14.0. The molecule has 0 aliphatic heterocycles. The summed E-state index contributed by atoms with van der Waals surface area (Å²) in [7, 11) is 1.54. The van der Waals surface area contributed by atoms with Gasteiger partial charge in [-0.15, -0.1) is 0 Å². The van der Waals surface area contributed by atoms with Gasteiger partial charge in [-0.25, -0.2) is 4.98 Å². The van der Waals surface area contributed by atoms with E-state index in [4.69, 9.17) is 10.5 Å². The number of pyridine rings is 1. The molecule has 3 N–H and O–H groups in total. The summed E-state index contributed by atoms with van der Waals surface area (Å²) >= 11 is 0. The third kappa shape index (κ3) is 4.10. The summed E-state index contributed by atoms with van der Waals surface area (Å²) in [6.45, 7) is 0. The van der Waals surface area contributed by atoms with Gasteiger partial charge in [0.15, 0.2) is 5.78 Å². The second-order valence-electron chi connectivity index (χ2n) is 5.82. The van der Waals surface area contributed by atoms with E-state index < -0.39 is 6.04 Å². The van der Waals surface area contributed by atoms with Gasteiger partial charge < -0.3 is 10.5 Å². The highest BCUT2D eigenvalue weighted by atomic mass is 16.5. The number of benzene rings is 1. The minimum atomic E-state index is -0.565. The summed E-state index contributed by atoms with van der Waals surface area (Å²) in [5.74, 6) is 0.390. The van der Waals surface area contributed by atoms with Gasteiger partial charge in [0.25, 0.3) is 0 Å². The van der Waals surface area contributed by atoms with Crippen LogP contribution in [0.15, 0.2) is 55.0 Å². The number of H-pyrrole nitrogens is 1. The number of nitrogens with two attached hydrogens (primary N) is 1. The average molecular weight is 336 g/mol. The van der Waals surface area contributed by atoms with Gasteiger partial charge in [-0.1, -0.05) is 30.3 Å². The van der Waals surface area contributed by atoms with Crippen molar-refractivity contribution in [1.82, 2.24) is 15.2 Å². The molecule has 0 saturated heterocycles. The second-order valence-corrected chi connectivity index (χ2v) is 5.82. The number of ketones is 1. The molecule has 1 atom stereocenters. The smallest absolute Gasteiger partial charge is 0.216 e. The molecular weight excluding hydrogens is 316 g/mol. The first kappa shape index (κ1) is 16.9. The molecule has 0 saturated carbocycles. The van der Waals surface area contributed by atoms with E-state index in [1.165, 1.54) is 7.11 Å². The fraction of sp³-hybridized carbons (Fsp3) is 0.211. The Labute approximate surface area is 146 Å². The van der Waals surface area contributed by atoms with Crippen LogP contribution in [-0.2, 0) is 17.6 Å². The number of hydrogen-bond donors (Lipinski definition) is 2. The fourth-order valence-electron chi connectivity index (χ4n) is 2.68. The molecule has 0 radical (unpaired) electrons. The van der Waals surface area contributed by atoms with Gasteiger partial charge in [-0.2, -0.15) is 5.10 Å². The summed E-state index contributed by atoms with van der Waals surface area (Å²) in [5.41, 5.74) is 9.62. The third-order valence-electron chi connectivity index (χ3n) is 4.03. The number of methoxy groups -OCH3 is 1. The Hall–Kier alpha value is -2.99. The number of hydrogen-bond acceptors (Lipinski definition) is 5. The summed E-state index contributed by atoms with van der Waals surface area (Å²) in [5, 5.41) is 6.70. The second kappa shape index (κ2) is 7.72. The van der Waals surface area contributed by atoms with Crippen LogP contribution in [0.4, 0.5) is 0 Å². The van der Waals surface area contributed by atoms with Crippen LogP contribution in [0.2, 0.25) is 0 Å². The van der Waals surface area contributed by atoms with Gasteiger partial charge in [-0.3, -0.25) is 9.89 Å². The fourth-order valence-corrected chi connectivity index (χ4v) is 2.68. The SMILES string of the molecule is COc1ncc(-c2cn[nH]c2)cc1CC(=O)[C@@H](N)Cc1ccccc1. The van der Waals surface area contributed by atoms with Crippen molar-refractivity contribution < 1.29 is 9.53 Å². The van der Waals surface area contributed by atoms with Crippen molar-refractivity contribution in [2.24, 2.45) is 5.73 Å². The van der Waals surface area contributed by atoms with Crippen LogP contribution in [0, 0.1) is 0 Å². The first-order valence-corrected chi connectivity index (χ1v) is 8.01. The van der Waals surface area contributed by atoms with Crippen molar-refractivity contribution in [3.63, 3.8) is 0 Å². The first-order chi connectivity index (χ1) is 12.2. The molecule has 1 aromatic carbocycles. The number of aromatic nitrogens is 3. The van der Waals surface area contributed by atoms with Crippen LogP contribution in [0.3, 0.4) is 0 Å². The molecule has 0 aliphatic rings. The molecule has 25 heavy (non-hydrogen) atoms. The Bertz CT molecular complexity index is 832. The Morgan fingerprint density at radius 2 is 2.04 bits per heavy atom. The maximum Gasteiger partial charge on any atom is 0.216 e. The number of rotatable bonds is 7. The monoisotopic (exact) mass is 336 g/mol. The molecule has 0 fully saturated rings. The van der Waals surface area contributed by atoms with Gasteiger partial charge in [0.05, 0.1) is 19.3 Å². The molecule has 2 heterocycles. The number of Topliss-reactive ketones (excluding diaryl/α,β-unsaturated/α-hetero) is 1. The minimum Gasteiger partial charge on any atom is -0.481 e. The van der Waals surface area contributed by atoms with Crippen LogP contribution >= 0.6 is 0 Å². The number of nitrogens with zero attached hydrogens (tertiary/aromatic N) is 2. The average Bonchev–Trinajstić information content (AvgIpc) is 3.17. The lowest BCUT2D eigenvalue weighted by molar-refractivity contribution is -0.119. The van der Waals surface area contributed by atoms with E-state index in [2.05, 4.69) is 15.2 Å².